The van der Waals surface area contributed by atoms with Crippen LogP contribution in [0.15, 0.2) is 29.2 Å². The first-order chi connectivity index (χ1) is 12.0. The van der Waals surface area contributed by atoms with Crippen molar-refractivity contribution < 1.29 is 13.2 Å². The number of sulfonamides is 1. The number of anilines is 1. The van der Waals surface area contributed by atoms with Crippen molar-refractivity contribution in [3.63, 3.8) is 0 Å². The molecule has 0 aliphatic rings. The van der Waals surface area contributed by atoms with Gasteiger partial charge in [0.15, 0.2) is 0 Å². The van der Waals surface area contributed by atoms with Crippen LogP contribution in [0.5, 0.6) is 0 Å². The number of nitrogens with zero attached hydrogens (tertiary/aromatic N) is 2. The SMILES string of the molecule is Cc1ccc(S(=O)(=O)NCCC(=O)Nc2nnc(CC(C)(C)C)s2)cc1. The van der Waals surface area contributed by atoms with E-state index < -0.39 is 10.0 Å². The van der Waals surface area contributed by atoms with Crippen LogP contribution in [-0.4, -0.2) is 31.1 Å². The molecule has 0 unspecified atom stereocenters. The topological polar surface area (TPSA) is 101 Å². The summed E-state index contributed by atoms with van der Waals surface area (Å²) in [5, 5.41) is 11.9. The van der Waals surface area contributed by atoms with E-state index in [1.54, 1.807) is 12.1 Å². The van der Waals surface area contributed by atoms with Crippen LogP contribution in [0.3, 0.4) is 0 Å². The van der Waals surface area contributed by atoms with Crippen LogP contribution >= 0.6 is 11.3 Å². The maximum absolute atomic E-state index is 12.2. The van der Waals surface area contributed by atoms with Gasteiger partial charge in [0.05, 0.1) is 4.90 Å². The predicted molar refractivity (Wildman–Crippen MR) is 103 cm³/mol. The Balaban J connectivity index is 1.83. The average Bonchev–Trinajstić information content (AvgIpc) is 2.92. The zero-order valence-electron chi connectivity index (χ0n) is 15.4. The van der Waals surface area contributed by atoms with E-state index in [0.29, 0.717) is 5.13 Å². The lowest BCUT2D eigenvalue weighted by molar-refractivity contribution is -0.116. The number of benzene rings is 1. The van der Waals surface area contributed by atoms with Gasteiger partial charge in [0.2, 0.25) is 21.1 Å². The van der Waals surface area contributed by atoms with Gasteiger partial charge in [-0.25, -0.2) is 13.1 Å². The second-order valence-electron chi connectivity index (χ2n) is 7.25. The Morgan fingerprint density at radius 1 is 1.15 bits per heavy atom. The van der Waals surface area contributed by atoms with E-state index in [1.807, 2.05) is 6.92 Å². The Morgan fingerprint density at radius 3 is 2.42 bits per heavy atom. The summed E-state index contributed by atoms with van der Waals surface area (Å²) in [6.45, 7) is 8.21. The normalized spacial score (nSPS) is 12.2. The van der Waals surface area contributed by atoms with Crippen molar-refractivity contribution in [2.45, 2.75) is 45.4 Å². The number of carbonyl (C=O) groups is 1. The number of amides is 1. The molecule has 2 N–H and O–H groups in total. The number of hydrogen-bond donors (Lipinski definition) is 2. The molecule has 1 aromatic carbocycles. The summed E-state index contributed by atoms with van der Waals surface area (Å²) < 4.78 is 26.7. The molecular weight excluding hydrogens is 372 g/mol. The fourth-order valence-corrected chi connectivity index (χ4v) is 4.20. The highest BCUT2D eigenvalue weighted by molar-refractivity contribution is 7.89. The first-order valence-electron chi connectivity index (χ1n) is 8.24. The van der Waals surface area contributed by atoms with Gasteiger partial charge in [0, 0.05) is 19.4 Å². The molecule has 0 saturated carbocycles. The van der Waals surface area contributed by atoms with Crippen LogP contribution in [0.4, 0.5) is 5.13 Å². The third-order valence-corrected chi connectivity index (χ3v) is 5.69. The van der Waals surface area contributed by atoms with Gasteiger partial charge >= 0.3 is 0 Å². The molecular formula is C17H24N4O3S2. The highest BCUT2D eigenvalue weighted by Crippen LogP contribution is 2.24. The van der Waals surface area contributed by atoms with Gasteiger partial charge < -0.3 is 5.32 Å². The summed E-state index contributed by atoms with van der Waals surface area (Å²) in [5.74, 6) is -0.310. The molecule has 1 heterocycles. The fourth-order valence-electron chi connectivity index (χ4n) is 2.11. The molecule has 0 saturated heterocycles. The molecule has 2 aromatic rings. The summed E-state index contributed by atoms with van der Waals surface area (Å²) in [4.78, 5) is 12.1. The predicted octanol–water partition coefficient (Wildman–Crippen LogP) is 2.74. The van der Waals surface area contributed by atoms with Crippen LogP contribution in [0.1, 0.15) is 37.8 Å². The molecule has 0 bridgehead atoms. The minimum atomic E-state index is -3.62. The van der Waals surface area contributed by atoms with E-state index in [4.69, 9.17) is 0 Å². The Labute approximate surface area is 158 Å². The van der Waals surface area contributed by atoms with Crippen molar-refractivity contribution in [3.05, 3.63) is 34.8 Å². The van der Waals surface area contributed by atoms with Crippen LogP contribution in [0.25, 0.3) is 0 Å². The zero-order valence-corrected chi connectivity index (χ0v) is 17.0. The smallest absolute Gasteiger partial charge is 0.240 e. The average molecular weight is 397 g/mol. The number of nitrogens with one attached hydrogen (secondary N) is 2. The van der Waals surface area contributed by atoms with Crippen molar-refractivity contribution in [2.75, 3.05) is 11.9 Å². The minimum absolute atomic E-state index is 0.00962. The number of aryl methyl sites for hydroxylation is 1. The third kappa shape index (κ3) is 6.47. The Hall–Kier alpha value is -1.84. The summed E-state index contributed by atoms with van der Waals surface area (Å²) in [5.41, 5.74) is 1.07. The van der Waals surface area contributed by atoms with Crippen molar-refractivity contribution >= 4 is 32.4 Å². The number of rotatable bonds is 7. The number of aromatic nitrogens is 2. The molecule has 2 rings (SSSR count). The van der Waals surface area contributed by atoms with E-state index in [-0.39, 0.29) is 29.2 Å². The largest absolute Gasteiger partial charge is 0.300 e. The molecule has 9 heteroatoms. The van der Waals surface area contributed by atoms with E-state index in [1.165, 1.54) is 23.5 Å². The van der Waals surface area contributed by atoms with Crippen molar-refractivity contribution in [3.8, 4) is 0 Å². The van der Waals surface area contributed by atoms with Crippen molar-refractivity contribution in [2.24, 2.45) is 5.41 Å². The maximum atomic E-state index is 12.2. The van der Waals surface area contributed by atoms with E-state index in [9.17, 15) is 13.2 Å². The minimum Gasteiger partial charge on any atom is -0.300 e. The van der Waals surface area contributed by atoms with Gasteiger partial charge in [-0.05, 0) is 24.5 Å². The van der Waals surface area contributed by atoms with Gasteiger partial charge in [-0.3, -0.25) is 4.79 Å². The molecule has 0 spiro atoms. The molecule has 26 heavy (non-hydrogen) atoms. The molecule has 0 fully saturated rings. The van der Waals surface area contributed by atoms with Gasteiger partial charge in [0.25, 0.3) is 0 Å². The van der Waals surface area contributed by atoms with Gasteiger partial charge in [-0.15, -0.1) is 10.2 Å². The molecule has 0 aliphatic heterocycles. The van der Waals surface area contributed by atoms with Crippen molar-refractivity contribution in [1.82, 2.24) is 14.9 Å². The second kappa shape index (κ2) is 8.24. The van der Waals surface area contributed by atoms with E-state index >= 15 is 0 Å². The van der Waals surface area contributed by atoms with Gasteiger partial charge in [-0.2, -0.15) is 0 Å². The number of carbonyl (C=O) groups excluding carboxylic acids is 1. The second-order valence-corrected chi connectivity index (χ2v) is 10.1. The zero-order chi connectivity index (χ0) is 19.4. The molecule has 0 radical (unpaired) electrons. The van der Waals surface area contributed by atoms with Crippen molar-refractivity contribution in [1.29, 1.82) is 0 Å². The Bertz CT molecular complexity index is 853. The van der Waals surface area contributed by atoms with Gasteiger partial charge in [0.1, 0.15) is 5.01 Å². The van der Waals surface area contributed by atoms with Gasteiger partial charge in [-0.1, -0.05) is 49.8 Å². The van der Waals surface area contributed by atoms with Crippen LogP contribution < -0.4 is 10.0 Å². The van der Waals surface area contributed by atoms with E-state index in [0.717, 1.165) is 17.0 Å². The quantitative estimate of drug-likeness (QED) is 0.749. The standard InChI is InChI=1S/C17H24N4O3S2/c1-12-5-7-13(8-6-12)26(23,24)18-10-9-14(22)19-16-21-20-15(25-16)11-17(2,3)4/h5-8,18H,9-11H2,1-4H3,(H,19,21,22). The summed E-state index contributed by atoms with van der Waals surface area (Å²) >= 11 is 1.33. The Morgan fingerprint density at radius 2 is 1.81 bits per heavy atom. The van der Waals surface area contributed by atoms with E-state index in [2.05, 4.69) is 41.0 Å². The molecule has 7 nitrogen and oxygen atoms in total. The highest BCUT2D eigenvalue weighted by Gasteiger charge is 2.17. The third-order valence-electron chi connectivity index (χ3n) is 3.37. The summed E-state index contributed by atoms with van der Waals surface area (Å²) in [6, 6.07) is 6.53. The lowest BCUT2D eigenvalue weighted by Crippen LogP contribution is -2.27. The summed E-state index contributed by atoms with van der Waals surface area (Å²) in [6.07, 6.45) is 0.788. The highest BCUT2D eigenvalue weighted by atomic mass is 32.2. The number of hydrogen-bond acceptors (Lipinski definition) is 6. The van der Waals surface area contributed by atoms with Crippen LogP contribution in [0.2, 0.25) is 0 Å². The molecule has 0 atom stereocenters. The van der Waals surface area contributed by atoms with Crippen LogP contribution in [-0.2, 0) is 21.2 Å². The first kappa shape index (κ1) is 20.5. The monoisotopic (exact) mass is 396 g/mol. The fraction of sp³-hybridized carbons (Fsp3) is 0.471. The molecule has 1 aromatic heterocycles. The first-order valence-corrected chi connectivity index (χ1v) is 10.5. The summed E-state index contributed by atoms with van der Waals surface area (Å²) in [7, 11) is -3.62. The lowest BCUT2D eigenvalue weighted by atomic mass is 9.93. The Kier molecular flexibility index (Phi) is 6.48. The lowest BCUT2D eigenvalue weighted by Gasteiger charge is -2.14. The molecule has 142 valence electrons. The molecule has 0 aliphatic carbocycles. The maximum Gasteiger partial charge on any atom is 0.240 e. The van der Waals surface area contributed by atoms with Crippen LogP contribution in [0, 0.1) is 12.3 Å². The molecule has 1 amide bonds.